The van der Waals surface area contributed by atoms with Crippen LogP contribution < -0.4 is 0 Å². The van der Waals surface area contributed by atoms with Crippen LogP contribution in [0.2, 0.25) is 0 Å². The first-order valence-electron chi connectivity index (χ1n) is 5.55. The molecule has 0 spiro atoms. The minimum atomic E-state index is -3.13. The van der Waals surface area contributed by atoms with E-state index in [1.54, 1.807) is 13.8 Å². The molecule has 0 aromatic carbocycles. The van der Waals surface area contributed by atoms with Gasteiger partial charge >= 0.3 is 13.3 Å². The largest absolute Gasteiger partial charge is 0.332 e. The molecule has 0 unspecified atom stereocenters. The van der Waals surface area contributed by atoms with Gasteiger partial charge in [0.15, 0.2) is 0 Å². The number of hydrogen-bond donors (Lipinski definition) is 0. The Labute approximate surface area is 105 Å². The van der Waals surface area contributed by atoms with Crippen molar-refractivity contribution in [2.75, 3.05) is 19.4 Å². The number of rotatable bonds is 8. The lowest BCUT2D eigenvalue weighted by Crippen LogP contribution is -2.07. The van der Waals surface area contributed by atoms with Crippen molar-refractivity contribution < 1.29 is 18.5 Å². The van der Waals surface area contributed by atoms with Gasteiger partial charge in [-0.15, -0.1) is 0 Å². The Morgan fingerprint density at radius 2 is 2.06 bits per heavy atom. The zero-order chi connectivity index (χ0) is 13.6. The number of aryl methyl sites for hydroxylation is 1. The summed E-state index contributed by atoms with van der Waals surface area (Å²) in [5, 5.41) is 14.3. The van der Waals surface area contributed by atoms with E-state index in [-0.39, 0.29) is 31.6 Å². The Bertz CT molecular complexity index is 437. The maximum atomic E-state index is 12.1. The lowest BCUT2D eigenvalue weighted by atomic mass is 10.6. The van der Waals surface area contributed by atoms with E-state index < -0.39 is 12.5 Å². The van der Waals surface area contributed by atoms with Gasteiger partial charge in [-0.2, -0.15) is 5.10 Å². The molecule has 0 bridgehead atoms. The van der Waals surface area contributed by atoms with Crippen molar-refractivity contribution in [3.05, 3.63) is 22.5 Å². The molecule has 1 aromatic heterocycles. The van der Waals surface area contributed by atoms with Crippen molar-refractivity contribution in [3.63, 3.8) is 0 Å². The molecule has 0 aliphatic rings. The third-order valence-corrected chi connectivity index (χ3v) is 4.14. The average molecular weight is 277 g/mol. The Kier molecular flexibility index (Phi) is 5.46. The summed E-state index contributed by atoms with van der Waals surface area (Å²) >= 11 is 0. The van der Waals surface area contributed by atoms with Crippen molar-refractivity contribution >= 4 is 13.3 Å². The van der Waals surface area contributed by atoms with Gasteiger partial charge in [0.2, 0.25) is 0 Å². The summed E-state index contributed by atoms with van der Waals surface area (Å²) in [4.78, 5) is 9.93. The van der Waals surface area contributed by atoms with E-state index in [0.29, 0.717) is 0 Å². The Hall–Kier alpha value is -1.24. The Morgan fingerprint density at radius 1 is 1.44 bits per heavy atom. The Morgan fingerprint density at radius 3 is 2.50 bits per heavy atom. The van der Waals surface area contributed by atoms with E-state index in [1.807, 2.05) is 0 Å². The summed E-state index contributed by atoms with van der Waals surface area (Å²) in [5.41, 5.74) is -0.0994. The van der Waals surface area contributed by atoms with Crippen LogP contribution in [0, 0.1) is 10.1 Å². The molecule has 1 rings (SSSR count). The maximum Gasteiger partial charge on any atom is 0.332 e. The Balaban J connectivity index is 2.61. The highest BCUT2D eigenvalue weighted by Gasteiger charge is 2.23. The van der Waals surface area contributed by atoms with Crippen molar-refractivity contribution in [1.82, 2.24) is 9.78 Å². The van der Waals surface area contributed by atoms with Crippen LogP contribution in [0.3, 0.4) is 0 Å². The molecular weight excluding hydrogens is 261 g/mol. The van der Waals surface area contributed by atoms with Crippen LogP contribution in [-0.2, 0) is 20.2 Å². The summed E-state index contributed by atoms with van der Waals surface area (Å²) in [5.74, 6) is 0. The summed E-state index contributed by atoms with van der Waals surface area (Å²) in [6, 6.07) is 0. The van der Waals surface area contributed by atoms with Gasteiger partial charge in [0.25, 0.3) is 0 Å². The highest BCUT2D eigenvalue weighted by Crippen LogP contribution is 2.47. The van der Waals surface area contributed by atoms with E-state index in [0.717, 1.165) is 6.20 Å². The maximum absolute atomic E-state index is 12.1. The fourth-order valence-electron chi connectivity index (χ4n) is 1.35. The molecule has 0 aliphatic carbocycles. The molecule has 0 fully saturated rings. The smallest absolute Gasteiger partial charge is 0.309 e. The van der Waals surface area contributed by atoms with Crippen molar-refractivity contribution in [2.24, 2.45) is 0 Å². The molecule has 102 valence electrons. The zero-order valence-corrected chi connectivity index (χ0v) is 11.2. The topological polar surface area (TPSA) is 96.5 Å². The van der Waals surface area contributed by atoms with E-state index in [9.17, 15) is 14.7 Å². The van der Waals surface area contributed by atoms with Crippen molar-refractivity contribution in [3.8, 4) is 0 Å². The second kappa shape index (κ2) is 6.63. The zero-order valence-electron chi connectivity index (χ0n) is 10.3. The molecule has 0 amide bonds. The first kappa shape index (κ1) is 14.8. The molecule has 0 aliphatic heterocycles. The molecule has 1 aromatic rings. The number of aromatic nitrogens is 2. The standard InChI is InChI=1S/C9H16N3O5P/c1-3-16-18(15,17-4-2)6-5-11-8-9(7-10-11)12(13)14/h7-8H,3-6H2,1-2H3. The van der Waals surface area contributed by atoms with Crippen molar-refractivity contribution in [1.29, 1.82) is 0 Å². The van der Waals surface area contributed by atoms with Gasteiger partial charge in [0.05, 0.1) is 30.8 Å². The summed E-state index contributed by atoms with van der Waals surface area (Å²) in [6.45, 7) is 4.27. The van der Waals surface area contributed by atoms with Crippen LogP contribution in [0.4, 0.5) is 5.69 Å². The van der Waals surface area contributed by atoms with Crippen LogP contribution in [0.1, 0.15) is 13.8 Å². The monoisotopic (exact) mass is 277 g/mol. The normalized spacial score (nSPS) is 11.7. The third kappa shape index (κ3) is 4.21. The van der Waals surface area contributed by atoms with Gasteiger partial charge in [0.1, 0.15) is 12.4 Å². The second-order valence-electron chi connectivity index (χ2n) is 3.39. The van der Waals surface area contributed by atoms with E-state index in [4.69, 9.17) is 9.05 Å². The number of nitro groups is 1. The molecule has 0 N–H and O–H groups in total. The predicted molar refractivity (Wildman–Crippen MR) is 64.6 cm³/mol. The van der Waals surface area contributed by atoms with Gasteiger partial charge in [0, 0.05) is 0 Å². The average Bonchev–Trinajstić information content (AvgIpc) is 2.76. The van der Waals surface area contributed by atoms with Crippen molar-refractivity contribution in [2.45, 2.75) is 20.4 Å². The summed E-state index contributed by atoms with van der Waals surface area (Å²) < 4.78 is 23.7. The minimum Gasteiger partial charge on any atom is -0.309 e. The fourth-order valence-corrected chi connectivity index (χ4v) is 2.92. The van der Waals surface area contributed by atoms with Crippen LogP contribution in [0.25, 0.3) is 0 Å². The molecule has 8 nitrogen and oxygen atoms in total. The quantitative estimate of drug-likeness (QED) is 0.410. The van der Waals surface area contributed by atoms with Gasteiger partial charge in [-0.25, -0.2) is 0 Å². The second-order valence-corrected chi connectivity index (χ2v) is 5.57. The minimum absolute atomic E-state index is 0.0994. The van der Waals surface area contributed by atoms with Gasteiger partial charge in [-0.05, 0) is 13.8 Å². The third-order valence-electron chi connectivity index (χ3n) is 2.08. The molecule has 9 heteroatoms. The fraction of sp³-hybridized carbons (Fsp3) is 0.667. The summed E-state index contributed by atoms with van der Waals surface area (Å²) in [7, 11) is -3.13. The molecule has 18 heavy (non-hydrogen) atoms. The van der Waals surface area contributed by atoms with E-state index in [2.05, 4.69) is 5.10 Å². The molecule has 0 saturated carbocycles. The van der Waals surface area contributed by atoms with Gasteiger partial charge in [-0.1, -0.05) is 0 Å². The molecule has 0 radical (unpaired) electrons. The summed E-state index contributed by atoms with van der Waals surface area (Å²) in [6.07, 6.45) is 2.56. The highest BCUT2D eigenvalue weighted by molar-refractivity contribution is 7.53. The molecule has 0 atom stereocenters. The molecular formula is C9H16N3O5P. The first-order valence-corrected chi connectivity index (χ1v) is 7.28. The lowest BCUT2D eigenvalue weighted by molar-refractivity contribution is -0.385. The molecule has 0 saturated heterocycles. The van der Waals surface area contributed by atoms with Crippen LogP contribution in [0.15, 0.2) is 12.4 Å². The van der Waals surface area contributed by atoms with Crippen LogP contribution >= 0.6 is 7.60 Å². The lowest BCUT2D eigenvalue weighted by Gasteiger charge is -2.16. The number of nitrogens with zero attached hydrogens (tertiary/aromatic N) is 3. The van der Waals surface area contributed by atoms with Crippen LogP contribution in [-0.4, -0.2) is 34.1 Å². The SMILES string of the molecule is CCOP(=O)(CCn1cc([N+](=O)[O-])cn1)OCC. The predicted octanol–water partition coefficient (Wildman–Crippen LogP) is 2.06. The van der Waals surface area contributed by atoms with E-state index in [1.165, 1.54) is 10.9 Å². The van der Waals surface area contributed by atoms with Crippen LogP contribution in [0.5, 0.6) is 0 Å². The van der Waals surface area contributed by atoms with Gasteiger partial charge < -0.3 is 9.05 Å². The highest BCUT2D eigenvalue weighted by atomic mass is 31.2. The first-order chi connectivity index (χ1) is 8.50. The van der Waals surface area contributed by atoms with Gasteiger partial charge in [-0.3, -0.25) is 19.4 Å². The van der Waals surface area contributed by atoms with E-state index >= 15 is 0 Å². The number of hydrogen-bond acceptors (Lipinski definition) is 6. The molecule has 1 heterocycles.